The molecule has 24 heavy (non-hydrogen) atoms. The summed E-state index contributed by atoms with van der Waals surface area (Å²) < 4.78 is 25.4. The van der Waals surface area contributed by atoms with Crippen LogP contribution in [0.15, 0.2) is 0 Å². The number of primary amides is 1. The van der Waals surface area contributed by atoms with Gasteiger partial charge < -0.3 is 11.1 Å². The first-order valence-corrected chi connectivity index (χ1v) is 9.71. The molecule has 9 heteroatoms. The van der Waals surface area contributed by atoms with Gasteiger partial charge in [0.05, 0.1) is 24.8 Å². The number of rotatable bonds is 8. The van der Waals surface area contributed by atoms with Crippen LogP contribution in [0, 0.1) is 12.3 Å². The van der Waals surface area contributed by atoms with Crippen LogP contribution < -0.4 is 11.1 Å². The molecule has 0 aromatic carbocycles. The number of carbonyl (C=O) groups is 3. The van der Waals surface area contributed by atoms with E-state index in [1.807, 2.05) is 0 Å². The molecule has 137 valence electrons. The molecular weight excluding hydrogens is 334 g/mol. The summed E-state index contributed by atoms with van der Waals surface area (Å²) in [7, 11) is -3.43. The highest BCUT2D eigenvalue weighted by molar-refractivity contribution is 7.89. The average Bonchev–Trinajstić information content (AvgIpc) is 2.67. The number of nitrogens with one attached hydrogen (secondary N) is 1. The van der Waals surface area contributed by atoms with E-state index in [0.717, 1.165) is 0 Å². The zero-order valence-electron chi connectivity index (χ0n) is 14.2. The molecule has 1 aliphatic rings. The van der Waals surface area contributed by atoms with E-state index in [1.165, 1.54) is 10.7 Å². The minimum Gasteiger partial charge on any atom is -0.369 e. The fourth-order valence-electron chi connectivity index (χ4n) is 2.40. The van der Waals surface area contributed by atoms with Gasteiger partial charge in [-0.3, -0.25) is 14.4 Å². The van der Waals surface area contributed by atoms with Gasteiger partial charge in [0.1, 0.15) is 0 Å². The molecule has 1 radical (unpaired) electrons. The van der Waals surface area contributed by atoms with Crippen molar-refractivity contribution in [3.8, 4) is 0 Å². The Morgan fingerprint density at radius 1 is 1.46 bits per heavy atom. The van der Waals surface area contributed by atoms with E-state index in [1.54, 1.807) is 13.8 Å². The van der Waals surface area contributed by atoms with Crippen LogP contribution in [0.5, 0.6) is 0 Å². The third-order valence-corrected chi connectivity index (χ3v) is 5.96. The quantitative estimate of drug-likeness (QED) is 0.608. The largest absolute Gasteiger partial charge is 0.369 e. The smallest absolute Gasteiger partial charge is 0.224 e. The molecule has 0 spiro atoms. The Hall–Kier alpha value is -1.48. The SMILES string of the molecule is CCCS(=O)(=O)N1CCC[C@H](NC(=O)[CH]CC(C)C(N)=O)C(=O)C1. The van der Waals surface area contributed by atoms with Gasteiger partial charge in [-0.05, 0) is 25.7 Å². The number of amides is 2. The minimum absolute atomic E-state index is 0.0100. The Labute approximate surface area is 143 Å². The molecule has 0 bridgehead atoms. The maximum Gasteiger partial charge on any atom is 0.224 e. The molecule has 0 aromatic heterocycles. The summed E-state index contributed by atoms with van der Waals surface area (Å²) in [5.74, 6) is -1.73. The monoisotopic (exact) mass is 360 g/mol. The highest BCUT2D eigenvalue weighted by atomic mass is 32.2. The van der Waals surface area contributed by atoms with Gasteiger partial charge in [-0.25, -0.2) is 8.42 Å². The van der Waals surface area contributed by atoms with Crippen LogP contribution in [0.4, 0.5) is 0 Å². The fourth-order valence-corrected chi connectivity index (χ4v) is 3.91. The molecule has 3 N–H and O–H groups in total. The third kappa shape index (κ3) is 6.20. The predicted octanol–water partition coefficient (Wildman–Crippen LogP) is -0.408. The van der Waals surface area contributed by atoms with Crippen LogP contribution in [-0.2, 0) is 24.4 Å². The summed E-state index contributed by atoms with van der Waals surface area (Å²) >= 11 is 0. The van der Waals surface area contributed by atoms with Crippen LogP contribution in [0.2, 0.25) is 0 Å². The lowest BCUT2D eigenvalue weighted by Crippen LogP contribution is -2.44. The molecule has 0 saturated carbocycles. The van der Waals surface area contributed by atoms with Gasteiger partial charge >= 0.3 is 0 Å². The summed E-state index contributed by atoms with van der Waals surface area (Å²) in [4.78, 5) is 35.1. The second kappa shape index (κ2) is 9.12. The first kappa shape index (κ1) is 20.6. The topological polar surface area (TPSA) is 127 Å². The average molecular weight is 360 g/mol. The van der Waals surface area contributed by atoms with Gasteiger partial charge in [-0.1, -0.05) is 13.8 Å². The van der Waals surface area contributed by atoms with Crippen molar-refractivity contribution in [2.75, 3.05) is 18.8 Å². The summed E-state index contributed by atoms with van der Waals surface area (Å²) in [6, 6.07) is -0.709. The number of hydrogen-bond acceptors (Lipinski definition) is 5. The van der Waals surface area contributed by atoms with E-state index in [4.69, 9.17) is 5.73 Å². The van der Waals surface area contributed by atoms with Crippen LogP contribution in [0.1, 0.15) is 39.5 Å². The lowest BCUT2D eigenvalue weighted by Gasteiger charge is -2.19. The van der Waals surface area contributed by atoms with Crippen molar-refractivity contribution in [1.82, 2.24) is 9.62 Å². The maximum absolute atomic E-state index is 12.2. The summed E-state index contributed by atoms with van der Waals surface area (Å²) in [6.07, 6.45) is 2.86. The number of Topliss-reactive ketones (excluding diaryl/α,β-unsaturated/α-hetero) is 1. The lowest BCUT2D eigenvalue weighted by molar-refractivity contribution is -0.126. The number of hydrogen-bond donors (Lipinski definition) is 2. The van der Waals surface area contributed by atoms with Crippen molar-refractivity contribution in [2.24, 2.45) is 11.7 Å². The van der Waals surface area contributed by atoms with E-state index in [2.05, 4.69) is 5.32 Å². The van der Waals surface area contributed by atoms with Gasteiger partial charge in [0.25, 0.3) is 0 Å². The van der Waals surface area contributed by atoms with E-state index in [0.29, 0.717) is 19.3 Å². The van der Waals surface area contributed by atoms with Gasteiger partial charge in [0.15, 0.2) is 5.78 Å². The van der Waals surface area contributed by atoms with Gasteiger partial charge in [-0.15, -0.1) is 0 Å². The fraction of sp³-hybridized carbons (Fsp3) is 0.733. The predicted molar refractivity (Wildman–Crippen MR) is 89.1 cm³/mol. The Balaban J connectivity index is 2.58. The summed E-state index contributed by atoms with van der Waals surface area (Å²) in [5.41, 5.74) is 5.12. The number of nitrogens with zero attached hydrogens (tertiary/aromatic N) is 1. The van der Waals surface area contributed by atoms with Gasteiger partial charge in [-0.2, -0.15) is 4.31 Å². The molecule has 1 fully saturated rings. The molecule has 2 amide bonds. The maximum atomic E-state index is 12.2. The van der Waals surface area contributed by atoms with E-state index in [-0.39, 0.29) is 31.0 Å². The van der Waals surface area contributed by atoms with Crippen molar-refractivity contribution >= 4 is 27.6 Å². The van der Waals surface area contributed by atoms with Crippen molar-refractivity contribution in [3.63, 3.8) is 0 Å². The molecule has 2 atom stereocenters. The zero-order valence-corrected chi connectivity index (χ0v) is 15.0. The first-order valence-electron chi connectivity index (χ1n) is 8.11. The van der Waals surface area contributed by atoms with Crippen molar-refractivity contribution in [3.05, 3.63) is 6.42 Å². The molecule has 0 aliphatic carbocycles. The highest BCUT2D eigenvalue weighted by Gasteiger charge is 2.31. The second-order valence-electron chi connectivity index (χ2n) is 6.06. The molecule has 1 saturated heterocycles. The number of sulfonamides is 1. The zero-order chi connectivity index (χ0) is 18.3. The Morgan fingerprint density at radius 2 is 2.12 bits per heavy atom. The first-order chi connectivity index (χ1) is 11.2. The van der Waals surface area contributed by atoms with Crippen molar-refractivity contribution < 1.29 is 22.8 Å². The van der Waals surface area contributed by atoms with Crippen LogP contribution in [0.3, 0.4) is 0 Å². The Bertz CT molecular complexity index is 576. The second-order valence-corrected chi connectivity index (χ2v) is 8.15. The third-order valence-electron chi connectivity index (χ3n) is 3.94. The molecule has 0 aromatic rings. The molecule has 8 nitrogen and oxygen atoms in total. The van der Waals surface area contributed by atoms with Crippen molar-refractivity contribution in [2.45, 2.75) is 45.6 Å². The molecule has 1 rings (SSSR count). The van der Waals surface area contributed by atoms with Crippen molar-refractivity contribution in [1.29, 1.82) is 0 Å². The van der Waals surface area contributed by atoms with E-state index in [9.17, 15) is 22.8 Å². The van der Waals surface area contributed by atoms with E-state index < -0.39 is 33.8 Å². The summed E-state index contributed by atoms with van der Waals surface area (Å²) in [5, 5.41) is 2.59. The number of carbonyl (C=O) groups excluding carboxylic acids is 3. The van der Waals surface area contributed by atoms with Crippen LogP contribution in [-0.4, -0.2) is 55.2 Å². The lowest BCUT2D eigenvalue weighted by atomic mass is 10.0. The van der Waals surface area contributed by atoms with Crippen LogP contribution in [0.25, 0.3) is 0 Å². The molecule has 1 aliphatic heterocycles. The standard InChI is InChI=1S/C15H26N3O5S/c1-3-9-24(22,23)18-8-4-5-12(13(19)10-18)17-14(20)7-6-11(2)15(16)21/h7,11-12H,3-6,8-10H2,1-2H3,(H2,16,21)(H,17,20)/t11?,12-/m0/s1. The Kier molecular flexibility index (Phi) is 7.82. The normalized spacial score (nSPS) is 21.1. The van der Waals surface area contributed by atoms with Gasteiger partial charge in [0.2, 0.25) is 21.8 Å². The summed E-state index contributed by atoms with van der Waals surface area (Å²) in [6.45, 7) is 3.44. The number of ketones is 1. The molecular formula is C15H26N3O5S. The molecule has 1 heterocycles. The van der Waals surface area contributed by atoms with E-state index >= 15 is 0 Å². The molecule has 1 unspecified atom stereocenters. The van der Waals surface area contributed by atoms with Crippen LogP contribution >= 0.6 is 0 Å². The minimum atomic E-state index is -3.43. The highest BCUT2D eigenvalue weighted by Crippen LogP contribution is 2.14. The Morgan fingerprint density at radius 3 is 2.71 bits per heavy atom. The van der Waals surface area contributed by atoms with Gasteiger partial charge in [0, 0.05) is 12.5 Å². The number of nitrogens with two attached hydrogens (primary N) is 1.